The van der Waals surface area contributed by atoms with Gasteiger partial charge in [-0.2, -0.15) is 10.4 Å². The zero-order chi connectivity index (χ0) is 21.0. The number of halogens is 1. The summed E-state index contributed by atoms with van der Waals surface area (Å²) < 4.78 is 2.10. The molecular formula is C23H21ClN4O. The number of hydrogen-bond donors (Lipinski definition) is 1. The second kappa shape index (κ2) is 8.76. The molecule has 0 bridgehead atoms. The highest BCUT2D eigenvalue weighted by Gasteiger charge is 2.19. The Morgan fingerprint density at radius 1 is 1.17 bits per heavy atom. The molecule has 0 unspecified atom stereocenters. The third-order valence-electron chi connectivity index (χ3n) is 4.85. The van der Waals surface area contributed by atoms with Crippen LogP contribution >= 0.6 is 11.6 Å². The second-order valence-electron chi connectivity index (χ2n) is 6.75. The normalized spacial score (nSPS) is 12.0. The van der Waals surface area contributed by atoms with Crippen LogP contribution in [0.4, 0.5) is 0 Å². The molecule has 0 radical (unpaired) electrons. The number of carbonyl (C=O) groups excluding carboxylic acids is 1. The minimum Gasteiger partial charge on any atom is -0.318 e. The van der Waals surface area contributed by atoms with Crippen LogP contribution in [0.5, 0.6) is 0 Å². The molecule has 0 aliphatic heterocycles. The van der Waals surface area contributed by atoms with Crippen molar-refractivity contribution in [2.75, 3.05) is 0 Å². The van der Waals surface area contributed by atoms with Gasteiger partial charge in [0.25, 0.3) is 5.91 Å². The number of aryl methyl sites for hydroxylation is 1. The molecule has 0 fully saturated rings. The third-order valence-corrected chi connectivity index (χ3v) is 5.26. The van der Waals surface area contributed by atoms with Crippen LogP contribution in [0.3, 0.4) is 0 Å². The Morgan fingerprint density at radius 3 is 2.59 bits per heavy atom. The molecule has 1 amide bonds. The van der Waals surface area contributed by atoms with Gasteiger partial charge in [-0.05, 0) is 50.1 Å². The van der Waals surface area contributed by atoms with E-state index >= 15 is 0 Å². The van der Waals surface area contributed by atoms with Gasteiger partial charge in [-0.3, -0.25) is 4.79 Å². The van der Waals surface area contributed by atoms with Crippen molar-refractivity contribution in [1.82, 2.24) is 9.99 Å². The Labute approximate surface area is 175 Å². The van der Waals surface area contributed by atoms with Crippen LogP contribution in [0.1, 0.15) is 34.0 Å². The van der Waals surface area contributed by atoms with Gasteiger partial charge >= 0.3 is 0 Å². The van der Waals surface area contributed by atoms with Crippen molar-refractivity contribution in [2.24, 2.45) is 5.10 Å². The Hall–Kier alpha value is -3.36. The Morgan fingerprint density at radius 2 is 1.90 bits per heavy atom. The van der Waals surface area contributed by atoms with Crippen LogP contribution in [0.15, 0.2) is 59.7 Å². The van der Waals surface area contributed by atoms with E-state index in [9.17, 15) is 10.1 Å². The minimum atomic E-state index is -0.908. The standard InChI is InChI=1S/C23H21ClN4O/c1-15-12-19(17(3)28(15)22-11-7-10-21(24)16(22)2)14-26-27-23(29)20(13-25)18-8-5-4-6-9-18/h4-12,14,20H,1-3H3,(H,27,29)/b26-14-/t20-/m1/s1. The lowest BCUT2D eigenvalue weighted by Crippen LogP contribution is -2.24. The van der Waals surface area contributed by atoms with Crippen LogP contribution in [-0.4, -0.2) is 16.7 Å². The van der Waals surface area contributed by atoms with Crippen molar-refractivity contribution in [1.29, 1.82) is 5.26 Å². The van der Waals surface area contributed by atoms with Crippen molar-refractivity contribution in [2.45, 2.75) is 26.7 Å². The van der Waals surface area contributed by atoms with Crippen molar-refractivity contribution in [3.8, 4) is 11.8 Å². The number of nitrogens with zero attached hydrogens (tertiary/aromatic N) is 3. The first kappa shape index (κ1) is 20.4. The van der Waals surface area contributed by atoms with Crippen LogP contribution < -0.4 is 5.43 Å². The summed E-state index contributed by atoms with van der Waals surface area (Å²) in [5, 5.41) is 14.1. The van der Waals surface area contributed by atoms with E-state index in [1.807, 2.05) is 57.2 Å². The number of nitrogens with one attached hydrogen (secondary N) is 1. The number of hydrazone groups is 1. The summed E-state index contributed by atoms with van der Waals surface area (Å²) in [5.74, 6) is -1.37. The quantitative estimate of drug-likeness (QED) is 0.489. The van der Waals surface area contributed by atoms with Crippen molar-refractivity contribution in [3.05, 3.63) is 87.7 Å². The van der Waals surface area contributed by atoms with E-state index in [2.05, 4.69) is 15.1 Å². The summed E-state index contributed by atoms with van der Waals surface area (Å²) in [5.41, 5.74) is 7.98. The molecule has 0 saturated carbocycles. The van der Waals surface area contributed by atoms with E-state index in [-0.39, 0.29) is 0 Å². The minimum absolute atomic E-state index is 0.463. The summed E-state index contributed by atoms with van der Waals surface area (Å²) in [6.07, 6.45) is 1.59. The second-order valence-corrected chi connectivity index (χ2v) is 7.16. The van der Waals surface area contributed by atoms with E-state index in [1.165, 1.54) is 0 Å². The largest absolute Gasteiger partial charge is 0.318 e. The van der Waals surface area contributed by atoms with Crippen LogP contribution in [0.25, 0.3) is 5.69 Å². The number of rotatable bonds is 5. The maximum atomic E-state index is 12.4. The maximum absolute atomic E-state index is 12.4. The van der Waals surface area contributed by atoms with E-state index in [0.717, 1.165) is 28.2 Å². The molecular weight excluding hydrogens is 384 g/mol. The van der Waals surface area contributed by atoms with E-state index < -0.39 is 11.8 Å². The number of carbonyl (C=O) groups is 1. The first-order valence-corrected chi connectivity index (χ1v) is 9.53. The predicted octanol–water partition coefficient (Wildman–Crippen LogP) is 4.81. The van der Waals surface area contributed by atoms with Crippen LogP contribution in [-0.2, 0) is 4.79 Å². The zero-order valence-electron chi connectivity index (χ0n) is 16.5. The summed E-state index contributed by atoms with van der Waals surface area (Å²) in [7, 11) is 0. The molecule has 0 saturated heterocycles. The Balaban J connectivity index is 1.81. The first-order chi connectivity index (χ1) is 13.9. The van der Waals surface area contributed by atoms with Crippen LogP contribution in [0.2, 0.25) is 5.02 Å². The molecule has 29 heavy (non-hydrogen) atoms. The average molecular weight is 405 g/mol. The van der Waals surface area contributed by atoms with Gasteiger partial charge < -0.3 is 4.57 Å². The molecule has 1 N–H and O–H groups in total. The van der Waals surface area contributed by atoms with Crippen molar-refractivity contribution in [3.63, 3.8) is 0 Å². The average Bonchev–Trinajstić information content (AvgIpc) is 2.99. The molecule has 3 aromatic rings. The zero-order valence-corrected chi connectivity index (χ0v) is 17.2. The topological polar surface area (TPSA) is 70.2 Å². The third kappa shape index (κ3) is 4.23. The molecule has 0 spiro atoms. The van der Waals surface area contributed by atoms with E-state index in [1.54, 1.807) is 30.5 Å². The fraction of sp³-hybridized carbons (Fsp3) is 0.174. The highest BCUT2D eigenvalue weighted by molar-refractivity contribution is 6.31. The highest BCUT2D eigenvalue weighted by atomic mass is 35.5. The number of amides is 1. The molecule has 3 rings (SSSR count). The molecule has 1 heterocycles. The van der Waals surface area contributed by atoms with Gasteiger partial charge in [0.2, 0.25) is 0 Å². The summed E-state index contributed by atoms with van der Waals surface area (Å²) in [6, 6.07) is 18.7. The van der Waals surface area contributed by atoms with Gasteiger partial charge in [0.1, 0.15) is 0 Å². The predicted molar refractivity (Wildman–Crippen MR) is 116 cm³/mol. The van der Waals surface area contributed by atoms with Gasteiger partial charge in [-0.15, -0.1) is 0 Å². The lowest BCUT2D eigenvalue weighted by molar-refractivity contribution is -0.121. The smallest absolute Gasteiger partial charge is 0.261 e. The molecule has 1 atom stereocenters. The summed E-state index contributed by atoms with van der Waals surface area (Å²) in [6.45, 7) is 5.97. The number of benzene rings is 2. The Kier molecular flexibility index (Phi) is 6.16. The van der Waals surface area contributed by atoms with Crippen molar-refractivity contribution >= 4 is 23.7 Å². The summed E-state index contributed by atoms with van der Waals surface area (Å²) in [4.78, 5) is 12.4. The molecule has 5 nitrogen and oxygen atoms in total. The monoisotopic (exact) mass is 404 g/mol. The molecule has 0 aliphatic carbocycles. The lowest BCUT2D eigenvalue weighted by Gasteiger charge is -2.13. The number of aromatic nitrogens is 1. The van der Waals surface area contributed by atoms with Gasteiger partial charge in [-0.1, -0.05) is 48.0 Å². The fourth-order valence-electron chi connectivity index (χ4n) is 3.29. The van der Waals surface area contributed by atoms with Gasteiger partial charge in [0.15, 0.2) is 5.92 Å². The fourth-order valence-corrected chi connectivity index (χ4v) is 3.46. The number of nitriles is 1. The van der Waals surface area contributed by atoms with Gasteiger partial charge in [0.05, 0.1) is 12.3 Å². The van der Waals surface area contributed by atoms with Gasteiger partial charge in [0, 0.05) is 27.7 Å². The summed E-state index contributed by atoms with van der Waals surface area (Å²) >= 11 is 6.27. The maximum Gasteiger partial charge on any atom is 0.261 e. The first-order valence-electron chi connectivity index (χ1n) is 9.16. The SMILES string of the molecule is Cc1c(Cl)cccc1-n1c(C)cc(/C=N\NC(=O)[C@H](C#N)c2ccccc2)c1C. The molecule has 1 aromatic heterocycles. The highest BCUT2D eigenvalue weighted by Crippen LogP contribution is 2.26. The molecule has 2 aromatic carbocycles. The van der Waals surface area contributed by atoms with Crippen LogP contribution in [0, 0.1) is 32.1 Å². The number of hydrogen-bond acceptors (Lipinski definition) is 3. The molecule has 0 aliphatic rings. The van der Waals surface area contributed by atoms with E-state index in [0.29, 0.717) is 10.6 Å². The van der Waals surface area contributed by atoms with E-state index in [4.69, 9.17) is 11.6 Å². The molecule has 6 heteroatoms. The Bertz CT molecular complexity index is 1110. The molecule has 146 valence electrons. The van der Waals surface area contributed by atoms with Gasteiger partial charge in [-0.25, -0.2) is 5.43 Å². The lowest BCUT2D eigenvalue weighted by atomic mass is 10.0. The van der Waals surface area contributed by atoms with Crippen molar-refractivity contribution < 1.29 is 4.79 Å².